The molecule has 2 saturated heterocycles. The molecular weight excluding hydrogens is 463 g/mol. The molecular formula is C23H28Cl2N6O2. The lowest BCUT2D eigenvalue weighted by Gasteiger charge is -2.52. The van der Waals surface area contributed by atoms with Crippen LogP contribution in [0.15, 0.2) is 36.8 Å². The number of pyridine rings is 2. The van der Waals surface area contributed by atoms with E-state index in [1.165, 1.54) is 6.42 Å². The molecule has 2 aliphatic heterocycles. The molecule has 0 aromatic carbocycles. The van der Waals surface area contributed by atoms with Gasteiger partial charge >= 0.3 is 0 Å². The summed E-state index contributed by atoms with van der Waals surface area (Å²) in [5.74, 6) is 2.64. The maximum Gasteiger partial charge on any atom is 0.138 e. The van der Waals surface area contributed by atoms with Crippen molar-refractivity contribution in [2.75, 3.05) is 24.6 Å². The van der Waals surface area contributed by atoms with E-state index in [1.807, 2.05) is 24.4 Å². The third-order valence-corrected chi connectivity index (χ3v) is 6.29. The molecule has 0 amide bonds. The average Bonchev–Trinajstić information content (AvgIpc) is 3.19. The number of piperidine rings is 2. The highest BCUT2D eigenvalue weighted by molar-refractivity contribution is 5.86. The van der Waals surface area contributed by atoms with E-state index in [-0.39, 0.29) is 31.4 Å². The molecule has 2 atom stereocenters. The van der Waals surface area contributed by atoms with Gasteiger partial charge in [0, 0.05) is 36.5 Å². The second-order valence-electron chi connectivity index (χ2n) is 9.30. The standard InChI is InChI=1S/C23H26N6O2.2ClH/c1-23(2,30)13-31-18-6-19(22-17(7-24)9-27-29(22)12-18)14-3-4-20(26-8-14)28-10-15-5-16(11-28)21(15)25;;/h3-4,6,8-9,12,15-16,21,30H,5,10-11,13,25H2,1-2H3;2*1H. The Morgan fingerprint density at radius 1 is 1.24 bits per heavy atom. The van der Waals surface area contributed by atoms with E-state index < -0.39 is 5.60 Å². The van der Waals surface area contributed by atoms with Gasteiger partial charge in [0.25, 0.3) is 0 Å². The van der Waals surface area contributed by atoms with E-state index in [2.05, 4.69) is 16.1 Å². The Labute approximate surface area is 205 Å². The van der Waals surface area contributed by atoms with E-state index in [1.54, 1.807) is 30.8 Å². The van der Waals surface area contributed by atoms with Crippen LogP contribution in [0.1, 0.15) is 25.8 Å². The van der Waals surface area contributed by atoms with Gasteiger partial charge in [-0.25, -0.2) is 9.50 Å². The van der Waals surface area contributed by atoms with Crippen LogP contribution < -0.4 is 15.4 Å². The minimum atomic E-state index is -0.960. The zero-order chi connectivity index (χ0) is 21.8. The van der Waals surface area contributed by atoms with Crippen LogP contribution in [0.2, 0.25) is 0 Å². The molecule has 3 aromatic rings. The van der Waals surface area contributed by atoms with Gasteiger partial charge in [0.05, 0.1) is 29.1 Å². The highest BCUT2D eigenvalue weighted by atomic mass is 35.5. The summed E-state index contributed by atoms with van der Waals surface area (Å²) in [6.07, 6.45) is 6.32. The smallest absolute Gasteiger partial charge is 0.138 e. The normalized spacial score (nSPS) is 21.4. The van der Waals surface area contributed by atoms with Crippen LogP contribution in [0.3, 0.4) is 0 Å². The Balaban J connectivity index is 0.00000153. The fourth-order valence-electron chi connectivity index (χ4n) is 4.58. The van der Waals surface area contributed by atoms with Crippen LogP contribution in [0, 0.1) is 23.2 Å². The molecule has 2 unspecified atom stereocenters. The fraction of sp³-hybridized carbons (Fsp3) is 0.435. The van der Waals surface area contributed by atoms with Crippen molar-refractivity contribution in [3.63, 3.8) is 0 Å². The van der Waals surface area contributed by atoms with E-state index in [4.69, 9.17) is 15.5 Å². The van der Waals surface area contributed by atoms with Crippen molar-refractivity contribution < 1.29 is 9.84 Å². The number of anilines is 1. The van der Waals surface area contributed by atoms with Crippen LogP contribution in [0.5, 0.6) is 5.75 Å². The van der Waals surface area contributed by atoms with Crippen LogP contribution in [0.4, 0.5) is 5.82 Å². The van der Waals surface area contributed by atoms with Crippen molar-refractivity contribution in [1.29, 1.82) is 5.26 Å². The Morgan fingerprint density at radius 2 is 1.97 bits per heavy atom. The Bertz CT molecular complexity index is 1160. The molecule has 0 radical (unpaired) electrons. The number of nitrogens with two attached hydrogens (primary N) is 1. The third-order valence-electron chi connectivity index (χ3n) is 6.29. The molecule has 1 aliphatic carbocycles. The first kappa shape index (κ1) is 25.1. The molecule has 3 N–H and O–H groups in total. The lowest BCUT2D eigenvalue weighted by molar-refractivity contribution is 0.0283. The molecule has 1 saturated carbocycles. The van der Waals surface area contributed by atoms with Crippen molar-refractivity contribution in [3.05, 3.63) is 42.4 Å². The number of hydrogen-bond acceptors (Lipinski definition) is 7. The number of aliphatic hydroxyl groups is 1. The molecule has 0 spiro atoms. The van der Waals surface area contributed by atoms with Gasteiger partial charge in [-0.3, -0.25) is 0 Å². The third kappa shape index (κ3) is 4.73. The maximum absolute atomic E-state index is 10.0. The Morgan fingerprint density at radius 3 is 2.55 bits per heavy atom. The predicted octanol–water partition coefficient (Wildman–Crippen LogP) is 3.04. The number of nitriles is 1. The molecule has 33 heavy (non-hydrogen) atoms. The van der Waals surface area contributed by atoms with Crippen LogP contribution in [-0.4, -0.2) is 51.0 Å². The van der Waals surface area contributed by atoms with Gasteiger partial charge in [0.2, 0.25) is 0 Å². The van der Waals surface area contributed by atoms with Gasteiger partial charge in [-0.15, -0.1) is 24.8 Å². The van der Waals surface area contributed by atoms with Gasteiger partial charge in [0.1, 0.15) is 24.2 Å². The number of rotatable bonds is 5. The first-order valence-corrected chi connectivity index (χ1v) is 10.6. The monoisotopic (exact) mass is 490 g/mol. The van der Waals surface area contributed by atoms with Crippen LogP contribution in [-0.2, 0) is 0 Å². The molecule has 3 aromatic heterocycles. The molecule has 6 rings (SSSR count). The van der Waals surface area contributed by atoms with Crippen LogP contribution in [0.25, 0.3) is 16.6 Å². The first-order valence-electron chi connectivity index (χ1n) is 10.6. The molecule has 3 fully saturated rings. The van der Waals surface area contributed by atoms with Crippen molar-refractivity contribution in [3.8, 4) is 22.9 Å². The SMILES string of the molecule is CC(C)(O)COc1cc(-c2ccc(N3CC4CC(C3)C4N)nc2)c2c(C#N)cnn2c1.Cl.Cl. The van der Waals surface area contributed by atoms with Gasteiger partial charge in [0.15, 0.2) is 0 Å². The summed E-state index contributed by atoms with van der Waals surface area (Å²) in [5.41, 5.74) is 8.11. The number of halogens is 2. The van der Waals surface area contributed by atoms with Gasteiger partial charge in [-0.2, -0.15) is 10.4 Å². The quantitative estimate of drug-likeness (QED) is 0.564. The lowest BCUT2D eigenvalue weighted by atomic mass is 9.67. The minimum absolute atomic E-state index is 0. The summed E-state index contributed by atoms with van der Waals surface area (Å²) in [5, 5.41) is 23.8. The molecule has 3 aliphatic rings. The zero-order valence-corrected chi connectivity index (χ0v) is 20.1. The van der Waals surface area contributed by atoms with Crippen molar-refractivity contribution in [1.82, 2.24) is 14.6 Å². The zero-order valence-electron chi connectivity index (χ0n) is 18.5. The Kier molecular flexibility index (Phi) is 7.10. The van der Waals surface area contributed by atoms with Crippen LogP contribution >= 0.6 is 24.8 Å². The van der Waals surface area contributed by atoms with E-state index in [9.17, 15) is 10.4 Å². The van der Waals surface area contributed by atoms with E-state index >= 15 is 0 Å². The predicted molar refractivity (Wildman–Crippen MR) is 131 cm³/mol. The van der Waals surface area contributed by atoms with Crippen molar-refractivity contribution >= 4 is 36.1 Å². The first-order chi connectivity index (χ1) is 14.8. The summed E-state index contributed by atoms with van der Waals surface area (Å²) < 4.78 is 7.43. The lowest BCUT2D eigenvalue weighted by Crippen LogP contribution is -2.62. The molecule has 2 bridgehead atoms. The summed E-state index contributed by atoms with van der Waals surface area (Å²) in [6, 6.07) is 8.46. The van der Waals surface area contributed by atoms with Gasteiger partial charge in [-0.05, 0) is 50.3 Å². The highest BCUT2D eigenvalue weighted by Gasteiger charge is 2.44. The Hall–Kier alpha value is -2.57. The van der Waals surface area contributed by atoms with Gasteiger partial charge < -0.3 is 20.5 Å². The maximum atomic E-state index is 10.0. The molecule has 176 valence electrons. The molecule has 5 heterocycles. The largest absolute Gasteiger partial charge is 0.489 e. The van der Waals surface area contributed by atoms with E-state index in [0.29, 0.717) is 34.7 Å². The number of nitrogens with zero attached hydrogens (tertiary/aromatic N) is 5. The minimum Gasteiger partial charge on any atom is -0.489 e. The summed E-state index contributed by atoms with van der Waals surface area (Å²) in [4.78, 5) is 7.02. The van der Waals surface area contributed by atoms with Crippen molar-refractivity contribution in [2.45, 2.75) is 31.9 Å². The van der Waals surface area contributed by atoms with E-state index in [0.717, 1.165) is 30.0 Å². The topological polar surface area (TPSA) is 113 Å². The van der Waals surface area contributed by atoms with Crippen molar-refractivity contribution in [2.24, 2.45) is 17.6 Å². The number of ether oxygens (including phenoxy) is 1. The second kappa shape index (κ2) is 9.35. The molecule has 10 heteroatoms. The highest BCUT2D eigenvalue weighted by Crippen LogP contribution is 2.40. The number of fused-ring (bicyclic) bond motifs is 3. The summed E-state index contributed by atoms with van der Waals surface area (Å²) in [7, 11) is 0. The second-order valence-corrected chi connectivity index (χ2v) is 9.30. The average molecular weight is 491 g/mol. The summed E-state index contributed by atoms with van der Waals surface area (Å²) >= 11 is 0. The molecule has 8 nitrogen and oxygen atoms in total. The van der Waals surface area contributed by atoms with Gasteiger partial charge in [-0.1, -0.05) is 0 Å². The summed E-state index contributed by atoms with van der Waals surface area (Å²) in [6.45, 7) is 5.43. The number of hydrogen-bond donors (Lipinski definition) is 2. The fourth-order valence-corrected chi connectivity index (χ4v) is 4.58. The number of aromatic nitrogens is 3.